The lowest BCUT2D eigenvalue weighted by molar-refractivity contribution is 0.0970. The molecule has 1 aliphatic rings. The summed E-state index contributed by atoms with van der Waals surface area (Å²) in [5, 5.41) is 3.42. The summed E-state index contributed by atoms with van der Waals surface area (Å²) in [6.07, 6.45) is 1.81. The van der Waals surface area contributed by atoms with Crippen LogP contribution in [0.5, 0.6) is 0 Å². The highest BCUT2D eigenvalue weighted by molar-refractivity contribution is 5.45. The number of pyridine rings is 1. The first-order valence-corrected chi connectivity index (χ1v) is 6.33. The lowest BCUT2D eigenvalue weighted by atomic mass is 9.99. The number of benzene rings is 1. The van der Waals surface area contributed by atoms with Gasteiger partial charge in [-0.2, -0.15) is 0 Å². The molecule has 0 fully saturated rings. The number of aromatic nitrogens is 1. The third-order valence-electron chi connectivity index (χ3n) is 3.40. The molecule has 0 saturated carbocycles. The van der Waals surface area contributed by atoms with Crippen LogP contribution in [0, 0.1) is 0 Å². The van der Waals surface area contributed by atoms with E-state index in [9.17, 15) is 4.79 Å². The van der Waals surface area contributed by atoms with Gasteiger partial charge in [-0.3, -0.25) is 4.79 Å². The Bertz CT molecular complexity index is 649. The summed E-state index contributed by atoms with van der Waals surface area (Å²) >= 11 is 0. The Hall–Kier alpha value is -2.07. The molecule has 0 saturated heterocycles. The van der Waals surface area contributed by atoms with Gasteiger partial charge in [0.2, 0.25) is 5.56 Å². The molecule has 4 heteroatoms. The van der Waals surface area contributed by atoms with E-state index in [1.165, 1.54) is 11.1 Å². The maximum atomic E-state index is 11.4. The molecule has 1 unspecified atom stereocenters. The summed E-state index contributed by atoms with van der Waals surface area (Å²) in [5.74, 6) is 0. The van der Waals surface area contributed by atoms with Crippen molar-refractivity contribution in [1.29, 1.82) is 0 Å². The Morgan fingerprint density at radius 3 is 2.95 bits per heavy atom. The average Bonchev–Trinajstić information content (AvgIpc) is 2.43. The summed E-state index contributed by atoms with van der Waals surface area (Å²) in [7, 11) is 1.75. The summed E-state index contributed by atoms with van der Waals surface area (Å²) < 4.78 is 7.17. The molecule has 1 aliphatic heterocycles. The molecule has 4 nitrogen and oxygen atoms in total. The molecule has 2 aromatic rings. The van der Waals surface area contributed by atoms with E-state index in [0.717, 1.165) is 5.69 Å². The number of nitrogens with zero attached hydrogens (tertiary/aromatic N) is 1. The first-order valence-electron chi connectivity index (χ1n) is 6.33. The van der Waals surface area contributed by atoms with Crippen LogP contribution < -0.4 is 10.9 Å². The van der Waals surface area contributed by atoms with Crippen LogP contribution in [0.1, 0.15) is 17.2 Å². The molecule has 1 atom stereocenters. The highest BCUT2D eigenvalue weighted by Gasteiger charge is 2.20. The topological polar surface area (TPSA) is 43.3 Å². The Labute approximate surface area is 111 Å². The number of nitrogens with one attached hydrogen (secondary N) is 1. The molecule has 1 aromatic heterocycles. The Kier molecular flexibility index (Phi) is 3.09. The molecule has 1 aromatic carbocycles. The van der Waals surface area contributed by atoms with E-state index < -0.39 is 0 Å². The van der Waals surface area contributed by atoms with Gasteiger partial charge in [0.05, 0.1) is 24.9 Å². The van der Waals surface area contributed by atoms with Gasteiger partial charge < -0.3 is 14.6 Å². The zero-order valence-corrected chi connectivity index (χ0v) is 10.8. The van der Waals surface area contributed by atoms with Gasteiger partial charge in [-0.25, -0.2) is 0 Å². The Morgan fingerprint density at radius 1 is 1.26 bits per heavy atom. The summed E-state index contributed by atoms with van der Waals surface area (Å²) in [5.41, 5.74) is 3.40. The molecule has 0 bridgehead atoms. The van der Waals surface area contributed by atoms with E-state index in [-0.39, 0.29) is 11.6 Å². The van der Waals surface area contributed by atoms with Gasteiger partial charge in [-0.15, -0.1) is 0 Å². The van der Waals surface area contributed by atoms with Gasteiger partial charge in [-0.05, 0) is 17.2 Å². The largest absolute Gasteiger partial charge is 0.375 e. The SMILES string of the molecule is Cn1cc(NC2COCc3ccccc32)ccc1=O. The summed E-state index contributed by atoms with van der Waals surface area (Å²) in [6, 6.07) is 11.8. The van der Waals surface area contributed by atoms with Crippen LogP contribution in [0.25, 0.3) is 0 Å². The minimum atomic E-state index is -0.00848. The van der Waals surface area contributed by atoms with Crippen molar-refractivity contribution in [2.75, 3.05) is 11.9 Å². The van der Waals surface area contributed by atoms with Crippen molar-refractivity contribution in [3.8, 4) is 0 Å². The first-order chi connectivity index (χ1) is 9.24. The van der Waals surface area contributed by atoms with Crippen LogP contribution in [0.3, 0.4) is 0 Å². The minimum absolute atomic E-state index is 0.00848. The average molecular weight is 256 g/mol. The fraction of sp³-hybridized carbons (Fsp3) is 0.267. The number of fused-ring (bicyclic) bond motifs is 1. The highest BCUT2D eigenvalue weighted by atomic mass is 16.5. The number of aryl methyl sites for hydroxylation is 1. The van der Waals surface area contributed by atoms with Gasteiger partial charge in [0.15, 0.2) is 0 Å². The van der Waals surface area contributed by atoms with Gasteiger partial charge >= 0.3 is 0 Å². The molecule has 0 amide bonds. The number of hydrogen-bond acceptors (Lipinski definition) is 3. The first kappa shape index (κ1) is 12.0. The van der Waals surface area contributed by atoms with Crippen molar-refractivity contribution in [3.05, 3.63) is 64.1 Å². The van der Waals surface area contributed by atoms with E-state index in [2.05, 4.69) is 17.4 Å². The Morgan fingerprint density at radius 2 is 2.11 bits per heavy atom. The van der Waals surface area contributed by atoms with Crippen molar-refractivity contribution in [2.24, 2.45) is 7.05 Å². The zero-order chi connectivity index (χ0) is 13.2. The second-order valence-corrected chi connectivity index (χ2v) is 4.78. The normalized spacial score (nSPS) is 17.8. The smallest absolute Gasteiger partial charge is 0.250 e. The molecule has 3 rings (SSSR count). The molecule has 19 heavy (non-hydrogen) atoms. The van der Waals surface area contributed by atoms with Crippen LogP contribution in [-0.4, -0.2) is 11.2 Å². The number of anilines is 1. The standard InChI is InChI=1S/C15H16N2O2/c1-17-8-12(6-7-15(17)18)16-14-10-19-9-11-4-2-3-5-13(11)14/h2-8,14,16H,9-10H2,1H3. The predicted molar refractivity (Wildman–Crippen MR) is 74.1 cm³/mol. The second-order valence-electron chi connectivity index (χ2n) is 4.78. The van der Waals surface area contributed by atoms with Crippen LogP contribution in [-0.2, 0) is 18.4 Å². The molecule has 2 heterocycles. The van der Waals surface area contributed by atoms with E-state index >= 15 is 0 Å². The third kappa shape index (κ3) is 2.39. The zero-order valence-electron chi connectivity index (χ0n) is 10.8. The maximum absolute atomic E-state index is 11.4. The van der Waals surface area contributed by atoms with Crippen molar-refractivity contribution in [1.82, 2.24) is 4.57 Å². The van der Waals surface area contributed by atoms with Gasteiger partial charge in [0.1, 0.15) is 0 Å². The van der Waals surface area contributed by atoms with Crippen LogP contribution >= 0.6 is 0 Å². The monoisotopic (exact) mass is 256 g/mol. The predicted octanol–water partition coefficient (Wildman–Crippen LogP) is 2.07. The van der Waals surface area contributed by atoms with Crippen LogP contribution in [0.4, 0.5) is 5.69 Å². The molecule has 0 spiro atoms. The molecule has 0 radical (unpaired) electrons. The second kappa shape index (κ2) is 4.90. The fourth-order valence-corrected chi connectivity index (χ4v) is 2.38. The number of hydrogen-bond donors (Lipinski definition) is 1. The van der Waals surface area contributed by atoms with E-state index in [1.54, 1.807) is 29.9 Å². The number of ether oxygens (including phenoxy) is 1. The minimum Gasteiger partial charge on any atom is -0.375 e. The van der Waals surface area contributed by atoms with E-state index in [4.69, 9.17) is 4.74 Å². The third-order valence-corrected chi connectivity index (χ3v) is 3.40. The molecule has 98 valence electrons. The summed E-state index contributed by atoms with van der Waals surface area (Å²) in [4.78, 5) is 11.4. The van der Waals surface area contributed by atoms with Crippen LogP contribution in [0.15, 0.2) is 47.4 Å². The van der Waals surface area contributed by atoms with Crippen molar-refractivity contribution >= 4 is 5.69 Å². The van der Waals surface area contributed by atoms with Crippen molar-refractivity contribution in [3.63, 3.8) is 0 Å². The van der Waals surface area contributed by atoms with Gasteiger partial charge in [-0.1, -0.05) is 24.3 Å². The van der Waals surface area contributed by atoms with Crippen molar-refractivity contribution < 1.29 is 4.74 Å². The maximum Gasteiger partial charge on any atom is 0.250 e. The van der Waals surface area contributed by atoms with E-state index in [0.29, 0.717) is 13.2 Å². The molecule has 0 aliphatic carbocycles. The Balaban J connectivity index is 1.88. The molecular formula is C15H16N2O2. The van der Waals surface area contributed by atoms with E-state index in [1.807, 2.05) is 12.1 Å². The molecular weight excluding hydrogens is 240 g/mol. The van der Waals surface area contributed by atoms with Gasteiger partial charge in [0, 0.05) is 19.3 Å². The quantitative estimate of drug-likeness (QED) is 0.894. The lowest BCUT2D eigenvalue weighted by Crippen LogP contribution is -2.24. The highest BCUT2D eigenvalue weighted by Crippen LogP contribution is 2.27. The van der Waals surface area contributed by atoms with Crippen molar-refractivity contribution in [2.45, 2.75) is 12.6 Å². The summed E-state index contributed by atoms with van der Waals surface area (Å²) in [6.45, 7) is 1.31. The number of rotatable bonds is 2. The molecule has 1 N–H and O–H groups in total. The van der Waals surface area contributed by atoms with Crippen LogP contribution in [0.2, 0.25) is 0 Å². The van der Waals surface area contributed by atoms with Gasteiger partial charge in [0.25, 0.3) is 0 Å². The fourth-order valence-electron chi connectivity index (χ4n) is 2.38. The lowest BCUT2D eigenvalue weighted by Gasteiger charge is -2.27.